The molecule has 4 rings (SSSR count). The summed E-state index contributed by atoms with van der Waals surface area (Å²) in [5, 5.41) is 12.0. The van der Waals surface area contributed by atoms with Crippen LogP contribution < -0.4 is 5.32 Å². The van der Waals surface area contributed by atoms with Crippen LogP contribution in [0.2, 0.25) is 0 Å². The van der Waals surface area contributed by atoms with Crippen LogP contribution in [0.1, 0.15) is 56.6 Å². The van der Waals surface area contributed by atoms with E-state index in [2.05, 4.69) is 20.4 Å². The van der Waals surface area contributed by atoms with Crippen LogP contribution in [0.25, 0.3) is 0 Å². The molecule has 1 saturated carbocycles. The lowest BCUT2D eigenvalue weighted by molar-refractivity contribution is 0.113. The van der Waals surface area contributed by atoms with Crippen molar-refractivity contribution in [1.29, 1.82) is 0 Å². The van der Waals surface area contributed by atoms with Gasteiger partial charge in [0.25, 0.3) is 0 Å². The first-order valence-corrected chi connectivity index (χ1v) is 10.1. The van der Waals surface area contributed by atoms with Gasteiger partial charge in [0.15, 0.2) is 11.8 Å². The van der Waals surface area contributed by atoms with E-state index in [9.17, 15) is 0 Å². The van der Waals surface area contributed by atoms with E-state index < -0.39 is 0 Å². The molecule has 3 fully saturated rings. The normalized spacial score (nSPS) is 25.5. The van der Waals surface area contributed by atoms with Crippen LogP contribution >= 0.6 is 0 Å². The summed E-state index contributed by atoms with van der Waals surface area (Å²) in [5.74, 6) is 2.86. The number of nitrogens with zero attached hydrogens (tertiary/aromatic N) is 5. The Bertz CT molecular complexity index is 642. The Hall–Kier alpha value is -1.63. The Labute approximate surface area is 156 Å². The fourth-order valence-corrected chi connectivity index (χ4v) is 4.66. The maximum absolute atomic E-state index is 5.78. The summed E-state index contributed by atoms with van der Waals surface area (Å²) in [4.78, 5) is 7.38. The van der Waals surface area contributed by atoms with Gasteiger partial charge < -0.3 is 19.5 Å². The Morgan fingerprint density at radius 3 is 2.81 bits per heavy atom. The van der Waals surface area contributed by atoms with E-state index in [-0.39, 0.29) is 0 Å². The molecule has 1 N–H and O–H groups in total. The second kappa shape index (κ2) is 7.55. The topological polar surface area (TPSA) is 67.6 Å². The highest BCUT2D eigenvalue weighted by Crippen LogP contribution is 2.45. The highest BCUT2D eigenvalue weighted by atomic mass is 16.5. The summed E-state index contributed by atoms with van der Waals surface area (Å²) in [7, 11) is 2.00. The van der Waals surface area contributed by atoms with Crippen molar-refractivity contribution in [2.75, 3.05) is 26.2 Å². The first kappa shape index (κ1) is 17.8. The minimum Gasteiger partial charge on any atom is -0.376 e. The molecule has 1 unspecified atom stereocenters. The third kappa shape index (κ3) is 3.72. The summed E-state index contributed by atoms with van der Waals surface area (Å²) < 4.78 is 7.80. The second-order valence-electron chi connectivity index (χ2n) is 8.26. The molecule has 2 aliphatic heterocycles. The number of aliphatic imine (C=N–C) groups is 1. The molecule has 1 aliphatic carbocycles. The first-order valence-electron chi connectivity index (χ1n) is 10.1. The smallest absolute Gasteiger partial charge is 0.194 e. The van der Waals surface area contributed by atoms with Crippen molar-refractivity contribution >= 4 is 5.96 Å². The van der Waals surface area contributed by atoms with Gasteiger partial charge in [-0.25, -0.2) is 4.99 Å². The summed E-state index contributed by atoms with van der Waals surface area (Å²) in [6.07, 6.45) is 9.48. The molecule has 1 aromatic rings. The van der Waals surface area contributed by atoms with E-state index in [1.54, 1.807) is 0 Å². The van der Waals surface area contributed by atoms with Gasteiger partial charge in [0.1, 0.15) is 12.4 Å². The predicted molar refractivity (Wildman–Crippen MR) is 101 cm³/mol. The lowest BCUT2D eigenvalue weighted by Crippen LogP contribution is -2.44. The summed E-state index contributed by atoms with van der Waals surface area (Å²) in [6, 6.07) is 0. The number of likely N-dealkylation sites (tertiary alicyclic amines) is 1. The van der Waals surface area contributed by atoms with Crippen LogP contribution in [0.5, 0.6) is 0 Å². The number of rotatable bonds is 4. The number of hydrogen-bond acceptors (Lipinski definition) is 4. The molecule has 7 heteroatoms. The molecule has 1 aromatic heterocycles. The fourth-order valence-electron chi connectivity index (χ4n) is 4.66. The van der Waals surface area contributed by atoms with Crippen molar-refractivity contribution in [3.63, 3.8) is 0 Å². The maximum Gasteiger partial charge on any atom is 0.194 e. The van der Waals surface area contributed by atoms with Crippen molar-refractivity contribution < 1.29 is 4.74 Å². The van der Waals surface area contributed by atoms with Crippen LogP contribution in [0.4, 0.5) is 0 Å². The summed E-state index contributed by atoms with van der Waals surface area (Å²) in [5.41, 5.74) is 0.535. The molecular formula is C19H32N6O. The van der Waals surface area contributed by atoms with Gasteiger partial charge in [0.05, 0.1) is 6.10 Å². The third-order valence-corrected chi connectivity index (χ3v) is 6.47. The second-order valence-corrected chi connectivity index (χ2v) is 8.26. The molecule has 3 heterocycles. The average molecular weight is 361 g/mol. The van der Waals surface area contributed by atoms with E-state index in [0.29, 0.717) is 18.1 Å². The average Bonchev–Trinajstić information content (AvgIpc) is 3.43. The molecule has 1 spiro atoms. The molecular weight excluding hydrogens is 328 g/mol. The number of aryl methyl sites for hydroxylation is 1. The summed E-state index contributed by atoms with van der Waals surface area (Å²) >= 11 is 0. The van der Waals surface area contributed by atoms with Gasteiger partial charge in [-0.1, -0.05) is 12.8 Å². The Morgan fingerprint density at radius 1 is 1.27 bits per heavy atom. The van der Waals surface area contributed by atoms with Gasteiger partial charge in [-0.15, -0.1) is 10.2 Å². The van der Waals surface area contributed by atoms with E-state index in [4.69, 9.17) is 9.73 Å². The molecule has 2 saturated heterocycles. The minimum atomic E-state index is 0.320. The van der Waals surface area contributed by atoms with Crippen molar-refractivity contribution in [3.8, 4) is 0 Å². The van der Waals surface area contributed by atoms with E-state index in [1.165, 1.54) is 38.5 Å². The molecule has 0 amide bonds. The van der Waals surface area contributed by atoms with Crippen LogP contribution in [0.15, 0.2) is 4.99 Å². The van der Waals surface area contributed by atoms with Crippen molar-refractivity contribution in [1.82, 2.24) is 25.0 Å². The fraction of sp³-hybridized carbons (Fsp3) is 0.842. The number of ether oxygens (including phenoxy) is 1. The highest BCUT2D eigenvalue weighted by molar-refractivity contribution is 5.80. The van der Waals surface area contributed by atoms with Gasteiger partial charge in [-0.3, -0.25) is 0 Å². The Balaban J connectivity index is 1.45. The molecule has 0 bridgehead atoms. The summed E-state index contributed by atoms with van der Waals surface area (Å²) in [6.45, 7) is 6.53. The Morgan fingerprint density at radius 2 is 2.12 bits per heavy atom. The molecule has 144 valence electrons. The lowest BCUT2D eigenvalue weighted by Gasteiger charge is -2.26. The number of aromatic nitrogens is 3. The van der Waals surface area contributed by atoms with Crippen molar-refractivity contribution in [3.05, 3.63) is 11.6 Å². The number of hydrogen-bond donors (Lipinski definition) is 1. The number of nitrogens with one attached hydrogen (secondary N) is 1. The number of guanidine groups is 1. The zero-order chi connectivity index (χ0) is 18.0. The van der Waals surface area contributed by atoms with Crippen LogP contribution in [0.3, 0.4) is 0 Å². The van der Waals surface area contributed by atoms with Crippen LogP contribution in [-0.2, 0) is 18.3 Å². The van der Waals surface area contributed by atoms with Crippen molar-refractivity contribution in [2.45, 2.75) is 64.5 Å². The minimum absolute atomic E-state index is 0.320. The molecule has 7 nitrogen and oxygen atoms in total. The van der Waals surface area contributed by atoms with Gasteiger partial charge in [0.2, 0.25) is 0 Å². The quantitative estimate of drug-likeness (QED) is 0.657. The molecule has 3 aliphatic rings. The SMILES string of the molecule is Cc1nnc(CN=C(NCC2CCCO2)N2CCC3(CCCC3)C2)n1C. The monoisotopic (exact) mass is 360 g/mol. The van der Waals surface area contributed by atoms with Gasteiger partial charge in [0, 0.05) is 33.3 Å². The van der Waals surface area contributed by atoms with Gasteiger partial charge >= 0.3 is 0 Å². The van der Waals surface area contributed by atoms with E-state index >= 15 is 0 Å². The van der Waals surface area contributed by atoms with Gasteiger partial charge in [-0.05, 0) is 44.4 Å². The van der Waals surface area contributed by atoms with Gasteiger partial charge in [-0.2, -0.15) is 0 Å². The molecule has 0 radical (unpaired) electrons. The standard InChI is InChI=1S/C19H32N6O/c1-15-22-23-17(24(15)2)13-21-18(20-12-16-6-5-11-26-16)25-10-9-19(14-25)7-3-4-8-19/h16H,3-14H2,1-2H3,(H,20,21). The first-order chi connectivity index (χ1) is 12.7. The van der Waals surface area contributed by atoms with Crippen LogP contribution in [-0.4, -0.2) is 58.0 Å². The maximum atomic E-state index is 5.78. The zero-order valence-corrected chi connectivity index (χ0v) is 16.2. The predicted octanol–water partition coefficient (Wildman–Crippen LogP) is 2.01. The van der Waals surface area contributed by atoms with Crippen LogP contribution in [0, 0.1) is 12.3 Å². The lowest BCUT2D eigenvalue weighted by atomic mass is 9.86. The molecule has 26 heavy (non-hydrogen) atoms. The highest BCUT2D eigenvalue weighted by Gasteiger charge is 2.41. The largest absolute Gasteiger partial charge is 0.376 e. The molecule has 1 atom stereocenters. The van der Waals surface area contributed by atoms with Crippen molar-refractivity contribution in [2.24, 2.45) is 17.5 Å². The Kier molecular flexibility index (Phi) is 5.16. The zero-order valence-electron chi connectivity index (χ0n) is 16.2. The third-order valence-electron chi connectivity index (χ3n) is 6.47. The van der Waals surface area contributed by atoms with E-state index in [1.807, 2.05) is 18.5 Å². The van der Waals surface area contributed by atoms with E-state index in [0.717, 1.165) is 50.3 Å². The molecule has 0 aromatic carbocycles.